The Kier molecular flexibility index (Phi) is 3.59. The molecule has 0 amide bonds. The molecule has 2 atom stereocenters. The summed E-state index contributed by atoms with van der Waals surface area (Å²) in [5, 5.41) is 9.39. The Hall–Kier alpha value is -1.14. The number of aliphatic hydroxyl groups excluding tert-OH is 1. The van der Waals surface area contributed by atoms with Crippen molar-refractivity contribution in [2.75, 3.05) is 23.0 Å². The third-order valence-electron chi connectivity index (χ3n) is 3.20. The summed E-state index contributed by atoms with van der Waals surface area (Å²) in [6.45, 7) is 4.07. The molecular formula is C12H18N2O3S. The van der Waals surface area contributed by atoms with E-state index in [0.29, 0.717) is 12.2 Å². The normalized spacial score (nSPS) is 24.8. The Balaban J connectivity index is 2.17. The summed E-state index contributed by atoms with van der Waals surface area (Å²) in [7, 11) is -2.90. The Morgan fingerprint density at radius 1 is 1.50 bits per heavy atom. The van der Waals surface area contributed by atoms with Gasteiger partial charge in [0.25, 0.3) is 0 Å². The van der Waals surface area contributed by atoms with Gasteiger partial charge < -0.3 is 10.0 Å². The fourth-order valence-corrected chi connectivity index (χ4v) is 3.75. The number of rotatable bonds is 2. The Labute approximate surface area is 107 Å². The summed E-state index contributed by atoms with van der Waals surface area (Å²) < 4.78 is 23.0. The summed E-state index contributed by atoms with van der Waals surface area (Å²) in [6.07, 6.45) is 1.11. The number of nitrogens with zero attached hydrogens (tertiary/aromatic N) is 2. The van der Waals surface area contributed by atoms with Gasteiger partial charge in [-0.15, -0.1) is 0 Å². The van der Waals surface area contributed by atoms with Gasteiger partial charge in [0.1, 0.15) is 0 Å². The largest absolute Gasteiger partial charge is 0.387 e. The molecule has 1 N–H and O–H groups in total. The molecule has 0 spiro atoms. The molecule has 0 saturated carbocycles. The first-order chi connectivity index (χ1) is 8.39. The Morgan fingerprint density at radius 2 is 2.22 bits per heavy atom. The number of aromatic nitrogens is 1. The van der Waals surface area contributed by atoms with Gasteiger partial charge in [-0.05, 0) is 26.0 Å². The second kappa shape index (κ2) is 4.85. The maximum atomic E-state index is 11.5. The van der Waals surface area contributed by atoms with Crippen LogP contribution in [0.2, 0.25) is 0 Å². The molecule has 0 aromatic carbocycles. The van der Waals surface area contributed by atoms with Gasteiger partial charge in [-0.2, -0.15) is 0 Å². The van der Waals surface area contributed by atoms with Crippen LogP contribution >= 0.6 is 0 Å². The lowest BCUT2D eigenvalue weighted by molar-refractivity contribution is 0.194. The highest BCUT2D eigenvalue weighted by Crippen LogP contribution is 2.22. The lowest BCUT2D eigenvalue weighted by Gasteiger charge is -2.34. The molecular weight excluding hydrogens is 252 g/mol. The Morgan fingerprint density at radius 3 is 2.72 bits per heavy atom. The highest BCUT2D eigenvalue weighted by Gasteiger charge is 2.28. The van der Waals surface area contributed by atoms with Crippen LogP contribution in [0.4, 0.5) is 5.69 Å². The molecule has 1 aromatic heterocycles. The summed E-state index contributed by atoms with van der Waals surface area (Å²) >= 11 is 0. The van der Waals surface area contributed by atoms with Crippen molar-refractivity contribution in [2.45, 2.75) is 26.0 Å². The highest BCUT2D eigenvalue weighted by atomic mass is 32.2. The van der Waals surface area contributed by atoms with Crippen LogP contribution in [0.3, 0.4) is 0 Å². The van der Waals surface area contributed by atoms with Crippen molar-refractivity contribution in [1.29, 1.82) is 0 Å². The Bertz CT molecular complexity index is 511. The zero-order valence-electron chi connectivity index (χ0n) is 10.6. The first-order valence-corrected chi connectivity index (χ1v) is 7.82. The number of pyridine rings is 1. The van der Waals surface area contributed by atoms with Crippen LogP contribution in [0.5, 0.6) is 0 Å². The predicted molar refractivity (Wildman–Crippen MR) is 70.3 cm³/mol. The van der Waals surface area contributed by atoms with Crippen molar-refractivity contribution >= 4 is 15.5 Å². The number of anilines is 1. The van der Waals surface area contributed by atoms with Crippen molar-refractivity contribution in [3.8, 4) is 0 Å². The van der Waals surface area contributed by atoms with Crippen LogP contribution in [0.15, 0.2) is 18.3 Å². The quantitative estimate of drug-likeness (QED) is 0.859. The number of sulfone groups is 1. The number of hydrogen-bond acceptors (Lipinski definition) is 5. The van der Waals surface area contributed by atoms with Gasteiger partial charge in [0.15, 0.2) is 9.84 Å². The second-order valence-electron chi connectivity index (χ2n) is 4.77. The topological polar surface area (TPSA) is 70.5 Å². The average Bonchev–Trinajstić information content (AvgIpc) is 2.28. The van der Waals surface area contributed by atoms with Crippen molar-refractivity contribution in [3.63, 3.8) is 0 Å². The van der Waals surface area contributed by atoms with E-state index in [0.717, 1.165) is 5.69 Å². The molecule has 2 rings (SSSR count). The molecule has 1 fully saturated rings. The summed E-state index contributed by atoms with van der Waals surface area (Å²) in [5.74, 6) is 0.376. The van der Waals surface area contributed by atoms with Crippen LogP contribution in [0.25, 0.3) is 0 Å². The minimum atomic E-state index is -2.90. The molecule has 6 heteroatoms. The van der Waals surface area contributed by atoms with Crippen LogP contribution in [0.1, 0.15) is 25.6 Å². The predicted octanol–water partition coefficient (Wildman–Crippen LogP) is 0.758. The number of aliphatic hydroxyl groups is 1. The highest BCUT2D eigenvalue weighted by molar-refractivity contribution is 7.91. The van der Waals surface area contributed by atoms with E-state index < -0.39 is 15.9 Å². The molecule has 5 nitrogen and oxygen atoms in total. The minimum Gasteiger partial charge on any atom is -0.387 e. The SMILES string of the molecule is CC(O)c1ccc(N2CCS(=O)(=O)CC2C)cn1. The van der Waals surface area contributed by atoms with E-state index in [1.165, 1.54) is 0 Å². The van der Waals surface area contributed by atoms with Crippen LogP contribution in [-0.2, 0) is 9.84 Å². The van der Waals surface area contributed by atoms with Crippen molar-refractivity contribution < 1.29 is 13.5 Å². The summed E-state index contributed by atoms with van der Waals surface area (Å²) in [6, 6.07) is 3.61. The van der Waals surface area contributed by atoms with Gasteiger partial charge in [0, 0.05) is 12.6 Å². The molecule has 2 unspecified atom stereocenters. The molecule has 1 saturated heterocycles. The van der Waals surface area contributed by atoms with Crippen LogP contribution in [-0.4, -0.2) is 42.6 Å². The van der Waals surface area contributed by atoms with Gasteiger partial charge in [0.2, 0.25) is 0 Å². The van der Waals surface area contributed by atoms with Gasteiger partial charge in [-0.1, -0.05) is 0 Å². The molecule has 0 aliphatic carbocycles. The monoisotopic (exact) mass is 270 g/mol. The standard InChI is InChI=1S/C12H18N2O3S/c1-9-8-18(16,17)6-5-14(9)11-3-4-12(10(2)15)13-7-11/h3-4,7,9-10,15H,5-6,8H2,1-2H3. The first kappa shape index (κ1) is 13.3. The fourth-order valence-electron chi connectivity index (χ4n) is 2.20. The molecule has 0 radical (unpaired) electrons. The maximum absolute atomic E-state index is 11.5. The zero-order valence-corrected chi connectivity index (χ0v) is 11.4. The van der Waals surface area contributed by atoms with Gasteiger partial charge >= 0.3 is 0 Å². The molecule has 100 valence electrons. The second-order valence-corrected chi connectivity index (χ2v) is 7.00. The lowest BCUT2D eigenvalue weighted by Crippen LogP contribution is -2.47. The molecule has 0 bridgehead atoms. The molecule has 1 aliphatic heterocycles. The van der Waals surface area contributed by atoms with Gasteiger partial charge in [-0.3, -0.25) is 4.98 Å². The van der Waals surface area contributed by atoms with E-state index in [1.807, 2.05) is 17.9 Å². The third-order valence-corrected chi connectivity index (χ3v) is 5.00. The molecule has 1 aromatic rings. The van der Waals surface area contributed by atoms with E-state index in [1.54, 1.807) is 19.2 Å². The van der Waals surface area contributed by atoms with Crippen molar-refractivity contribution in [3.05, 3.63) is 24.0 Å². The van der Waals surface area contributed by atoms with Crippen LogP contribution in [0, 0.1) is 0 Å². The third kappa shape index (κ3) is 2.81. The summed E-state index contributed by atoms with van der Waals surface area (Å²) in [4.78, 5) is 6.22. The lowest BCUT2D eigenvalue weighted by atomic mass is 10.2. The van der Waals surface area contributed by atoms with E-state index in [9.17, 15) is 13.5 Å². The fraction of sp³-hybridized carbons (Fsp3) is 0.583. The van der Waals surface area contributed by atoms with Gasteiger partial charge in [0.05, 0.1) is 35.2 Å². The smallest absolute Gasteiger partial charge is 0.154 e. The van der Waals surface area contributed by atoms with E-state index in [4.69, 9.17) is 0 Å². The zero-order chi connectivity index (χ0) is 13.3. The van der Waals surface area contributed by atoms with Crippen molar-refractivity contribution in [2.24, 2.45) is 0 Å². The molecule has 2 heterocycles. The minimum absolute atomic E-state index is 0.0389. The maximum Gasteiger partial charge on any atom is 0.154 e. The van der Waals surface area contributed by atoms with E-state index in [2.05, 4.69) is 4.98 Å². The van der Waals surface area contributed by atoms with E-state index >= 15 is 0 Å². The molecule has 1 aliphatic rings. The molecule has 18 heavy (non-hydrogen) atoms. The average molecular weight is 270 g/mol. The number of hydrogen-bond donors (Lipinski definition) is 1. The van der Waals surface area contributed by atoms with Crippen molar-refractivity contribution in [1.82, 2.24) is 4.98 Å². The summed E-state index contributed by atoms with van der Waals surface area (Å²) in [5.41, 5.74) is 1.53. The van der Waals surface area contributed by atoms with E-state index in [-0.39, 0.29) is 17.5 Å². The van der Waals surface area contributed by atoms with Crippen LogP contribution < -0.4 is 4.90 Å². The van der Waals surface area contributed by atoms with Gasteiger partial charge in [-0.25, -0.2) is 8.42 Å². The first-order valence-electron chi connectivity index (χ1n) is 6.00.